The van der Waals surface area contributed by atoms with E-state index in [1.165, 1.54) is 23.8 Å². The smallest absolute Gasteiger partial charge is 0.241 e. The summed E-state index contributed by atoms with van der Waals surface area (Å²) in [5.74, 6) is -0.387. The molecule has 4 rings (SSSR count). The van der Waals surface area contributed by atoms with Crippen LogP contribution in [0, 0.1) is 16.2 Å². The molecule has 0 unspecified atom stereocenters. The number of aromatic amines is 1. The normalized spacial score (nSPS) is 15.3. The number of rotatable bonds is 8. The summed E-state index contributed by atoms with van der Waals surface area (Å²) in [6.07, 6.45) is 2.37. The van der Waals surface area contributed by atoms with Gasteiger partial charge in [0.15, 0.2) is 0 Å². The lowest BCUT2D eigenvalue weighted by Gasteiger charge is -2.27. The first-order valence-electron chi connectivity index (χ1n) is 10.6. The molecule has 1 aromatic carbocycles. The minimum atomic E-state index is -0.423. The summed E-state index contributed by atoms with van der Waals surface area (Å²) in [7, 11) is 1.79. The van der Waals surface area contributed by atoms with E-state index in [9.17, 15) is 4.79 Å². The molecular formula is C23H27N7O2S. The molecule has 6 N–H and O–H groups in total. The van der Waals surface area contributed by atoms with Gasteiger partial charge in [0, 0.05) is 43.8 Å². The Labute approximate surface area is 195 Å². The summed E-state index contributed by atoms with van der Waals surface area (Å²) in [5.41, 5.74) is 9.72. The molecule has 3 heterocycles. The van der Waals surface area contributed by atoms with Crippen molar-refractivity contribution in [3.63, 3.8) is 0 Å². The molecule has 0 radical (unpaired) electrons. The molecule has 0 saturated carbocycles. The van der Waals surface area contributed by atoms with E-state index in [1.54, 1.807) is 30.1 Å². The van der Waals surface area contributed by atoms with Crippen molar-refractivity contribution >= 4 is 56.3 Å². The van der Waals surface area contributed by atoms with Crippen LogP contribution in [0.2, 0.25) is 0 Å². The number of hydrogen-bond donors (Lipinski definition) is 5. The predicted octanol–water partition coefficient (Wildman–Crippen LogP) is 2.91. The van der Waals surface area contributed by atoms with Gasteiger partial charge in [-0.2, -0.15) is 0 Å². The molecule has 0 aliphatic carbocycles. The van der Waals surface area contributed by atoms with Crippen molar-refractivity contribution in [1.82, 2.24) is 9.88 Å². The number of anilines is 2. The third kappa shape index (κ3) is 4.72. The minimum Gasteiger partial charge on any atom is -0.398 e. The Balaban J connectivity index is 1.49. The average Bonchev–Trinajstić information content (AvgIpc) is 3.39. The van der Waals surface area contributed by atoms with Gasteiger partial charge in [0.25, 0.3) is 0 Å². The number of nitrogens with zero attached hydrogens (tertiary/aromatic N) is 2. The number of aromatic nitrogens is 1. The standard InChI is InChI=1S/C23H27N7O2S/c1-29(21(31)13-30-4-6-32-7-5-30)22-10-18-20(33-22)9-19(28-18)23(27)16-3-2-14(8-17(16)26)15(11-24)12-25/h2-3,8-12,15,24-25,27-28H,4-7,13,26H2,1H3. The highest BCUT2D eigenvalue weighted by molar-refractivity contribution is 7.23. The highest BCUT2D eigenvalue weighted by Crippen LogP contribution is 2.33. The Hall–Kier alpha value is -3.34. The third-order valence-corrected chi connectivity index (χ3v) is 6.98. The Morgan fingerprint density at radius 1 is 1.27 bits per heavy atom. The Morgan fingerprint density at radius 2 is 2.00 bits per heavy atom. The number of carbonyl (C=O) groups excluding carboxylic acids is 1. The zero-order valence-electron chi connectivity index (χ0n) is 18.4. The fourth-order valence-corrected chi connectivity index (χ4v) is 4.83. The van der Waals surface area contributed by atoms with Crippen molar-refractivity contribution in [3.05, 3.63) is 47.2 Å². The van der Waals surface area contributed by atoms with Crippen LogP contribution in [0.25, 0.3) is 10.2 Å². The third-order valence-electron chi connectivity index (χ3n) is 5.82. The van der Waals surface area contributed by atoms with Gasteiger partial charge < -0.3 is 31.2 Å². The molecule has 172 valence electrons. The van der Waals surface area contributed by atoms with E-state index in [0.717, 1.165) is 33.9 Å². The number of morpholine rings is 1. The molecule has 0 atom stereocenters. The van der Waals surface area contributed by atoms with Crippen LogP contribution in [0.3, 0.4) is 0 Å². The molecule has 1 aliphatic heterocycles. The van der Waals surface area contributed by atoms with Gasteiger partial charge in [-0.25, -0.2) is 0 Å². The summed E-state index contributed by atoms with van der Waals surface area (Å²) >= 11 is 1.50. The number of hydrogen-bond acceptors (Lipinski definition) is 8. The second-order valence-corrected chi connectivity index (χ2v) is 9.03. The molecule has 3 aromatic rings. The first-order chi connectivity index (χ1) is 15.9. The molecule has 33 heavy (non-hydrogen) atoms. The first-order valence-corrected chi connectivity index (χ1v) is 11.4. The molecule has 9 nitrogen and oxygen atoms in total. The van der Waals surface area contributed by atoms with Gasteiger partial charge >= 0.3 is 0 Å². The molecule has 1 aliphatic rings. The number of likely N-dealkylation sites (N-methyl/N-ethyl adjacent to an activating group) is 1. The summed E-state index contributed by atoms with van der Waals surface area (Å²) in [4.78, 5) is 19.7. The molecule has 2 aromatic heterocycles. The van der Waals surface area contributed by atoms with Gasteiger partial charge in [-0.3, -0.25) is 15.1 Å². The number of thiophene rings is 1. The van der Waals surface area contributed by atoms with E-state index >= 15 is 0 Å². The minimum absolute atomic E-state index is 0.0368. The summed E-state index contributed by atoms with van der Waals surface area (Å²) in [5, 5.41) is 24.3. The lowest BCUT2D eigenvalue weighted by atomic mass is 9.96. The Kier molecular flexibility index (Phi) is 6.68. The van der Waals surface area contributed by atoms with Crippen LogP contribution in [0.1, 0.15) is 22.7 Å². The van der Waals surface area contributed by atoms with Gasteiger partial charge in [-0.1, -0.05) is 12.1 Å². The van der Waals surface area contributed by atoms with Gasteiger partial charge in [0.1, 0.15) is 5.00 Å². The van der Waals surface area contributed by atoms with Crippen LogP contribution in [0.4, 0.5) is 10.7 Å². The molecule has 0 spiro atoms. The lowest BCUT2D eigenvalue weighted by molar-refractivity contribution is -0.120. The van der Waals surface area contributed by atoms with Crippen molar-refractivity contribution in [3.8, 4) is 0 Å². The maximum absolute atomic E-state index is 12.7. The predicted molar refractivity (Wildman–Crippen MR) is 134 cm³/mol. The number of nitrogens with two attached hydrogens (primary N) is 1. The van der Waals surface area contributed by atoms with Crippen molar-refractivity contribution in [2.75, 3.05) is 50.5 Å². The number of nitrogen functional groups attached to an aromatic ring is 1. The molecule has 10 heteroatoms. The van der Waals surface area contributed by atoms with Gasteiger partial charge in [0.05, 0.1) is 47.3 Å². The number of H-pyrrole nitrogens is 1. The highest BCUT2D eigenvalue weighted by atomic mass is 32.1. The van der Waals surface area contributed by atoms with Crippen LogP contribution in [0.5, 0.6) is 0 Å². The second kappa shape index (κ2) is 9.65. The summed E-state index contributed by atoms with van der Waals surface area (Å²) in [6.45, 7) is 3.22. The van der Waals surface area contributed by atoms with E-state index in [2.05, 4.69) is 9.88 Å². The van der Waals surface area contributed by atoms with Gasteiger partial charge in [-0.05, 0) is 23.8 Å². The number of fused-ring (bicyclic) bond motifs is 1. The molecular weight excluding hydrogens is 438 g/mol. The van der Waals surface area contributed by atoms with Crippen LogP contribution in [-0.2, 0) is 9.53 Å². The van der Waals surface area contributed by atoms with Crippen molar-refractivity contribution in [1.29, 1.82) is 16.2 Å². The van der Waals surface area contributed by atoms with E-state index in [-0.39, 0.29) is 11.6 Å². The number of carbonyl (C=O) groups is 1. The molecule has 0 bridgehead atoms. The van der Waals surface area contributed by atoms with Gasteiger partial charge in [0.2, 0.25) is 5.91 Å². The van der Waals surface area contributed by atoms with Crippen LogP contribution < -0.4 is 10.6 Å². The lowest BCUT2D eigenvalue weighted by Crippen LogP contribution is -2.43. The SMILES string of the molecule is CN(C(=O)CN1CCOCC1)c1cc2[nH]c(C(=N)c3ccc(C(C=N)C=N)cc3N)cc2s1. The maximum atomic E-state index is 12.7. The average molecular weight is 466 g/mol. The Morgan fingerprint density at radius 3 is 2.64 bits per heavy atom. The summed E-state index contributed by atoms with van der Waals surface area (Å²) in [6, 6.07) is 9.09. The molecule has 1 fully saturated rings. The monoisotopic (exact) mass is 465 g/mol. The van der Waals surface area contributed by atoms with E-state index in [4.69, 9.17) is 26.7 Å². The fourth-order valence-electron chi connectivity index (χ4n) is 3.79. The number of amides is 1. The topological polar surface area (TPSA) is 146 Å². The summed E-state index contributed by atoms with van der Waals surface area (Å²) < 4.78 is 6.30. The van der Waals surface area contributed by atoms with E-state index in [1.807, 2.05) is 12.1 Å². The van der Waals surface area contributed by atoms with Gasteiger partial charge in [-0.15, -0.1) is 11.3 Å². The quantitative estimate of drug-likeness (QED) is 0.257. The zero-order chi connectivity index (χ0) is 23.5. The number of benzene rings is 1. The second-order valence-electron chi connectivity index (χ2n) is 7.97. The van der Waals surface area contributed by atoms with E-state index in [0.29, 0.717) is 36.7 Å². The van der Waals surface area contributed by atoms with Crippen LogP contribution in [0.15, 0.2) is 30.3 Å². The van der Waals surface area contributed by atoms with Crippen LogP contribution in [-0.4, -0.2) is 73.8 Å². The van der Waals surface area contributed by atoms with Crippen molar-refractivity contribution < 1.29 is 9.53 Å². The molecule has 1 saturated heterocycles. The number of ether oxygens (including phenoxy) is 1. The largest absolute Gasteiger partial charge is 0.398 e. The highest BCUT2D eigenvalue weighted by Gasteiger charge is 2.20. The Bertz CT molecular complexity index is 1170. The molecule has 1 amide bonds. The fraction of sp³-hybridized carbons (Fsp3) is 0.304. The van der Waals surface area contributed by atoms with E-state index < -0.39 is 5.92 Å². The first kappa shape index (κ1) is 22.8. The maximum Gasteiger partial charge on any atom is 0.241 e. The van der Waals surface area contributed by atoms with Crippen LogP contribution >= 0.6 is 11.3 Å². The number of nitrogens with one attached hydrogen (secondary N) is 4. The zero-order valence-corrected chi connectivity index (χ0v) is 19.2. The van der Waals surface area contributed by atoms with Crippen molar-refractivity contribution in [2.24, 2.45) is 0 Å². The van der Waals surface area contributed by atoms with Crippen molar-refractivity contribution in [2.45, 2.75) is 5.92 Å².